The molecule has 1 atom stereocenters. The zero-order valence-electron chi connectivity index (χ0n) is 13.8. The molecule has 6 nitrogen and oxygen atoms in total. The third kappa shape index (κ3) is 4.96. The highest BCUT2D eigenvalue weighted by Gasteiger charge is 2.27. The normalized spacial score (nSPS) is 17.3. The topological polar surface area (TPSA) is 64.5 Å². The molecule has 0 aliphatic carbocycles. The molecule has 7 heteroatoms. The molecule has 1 aliphatic rings. The zero-order chi connectivity index (χ0) is 17.5. The van der Waals surface area contributed by atoms with Gasteiger partial charge in [-0.15, -0.1) is 0 Å². The average molecular weight is 345 g/mol. The highest BCUT2D eigenvalue weighted by atomic mass is 19.1. The number of hydrogen-bond acceptors (Lipinski definition) is 5. The summed E-state index contributed by atoms with van der Waals surface area (Å²) in [7, 11) is 0. The molecule has 132 valence electrons. The molecule has 1 aliphatic heterocycles. The first-order chi connectivity index (χ1) is 12.2. The van der Waals surface area contributed by atoms with Crippen molar-refractivity contribution in [2.75, 3.05) is 26.4 Å². The first-order valence-electron chi connectivity index (χ1n) is 8.23. The van der Waals surface area contributed by atoms with Crippen LogP contribution in [0.4, 0.5) is 4.39 Å². The summed E-state index contributed by atoms with van der Waals surface area (Å²) < 4.78 is 24.1. The van der Waals surface area contributed by atoms with Crippen LogP contribution < -0.4 is 4.74 Å². The molecule has 2 heterocycles. The van der Waals surface area contributed by atoms with E-state index in [9.17, 15) is 9.18 Å². The zero-order valence-corrected chi connectivity index (χ0v) is 13.8. The molecule has 1 fully saturated rings. The molecule has 1 aromatic carbocycles. The smallest absolute Gasteiger partial charge is 0.260 e. The molecular formula is C18H20FN3O3. The van der Waals surface area contributed by atoms with E-state index in [1.807, 2.05) is 0 Å². The van der Waals surface area contributed by atoms with Crippen LogP contribution >= 0.6 is 0 Å². The molecule has 1 saturated heterocycles. The highest BCUT2D eigenvalue weighted by Crippen LogP contribution is 2.15. The Balaban J connectivity index is 1.55. The van der Waals surface area contributed by atoms with E-state index in [4.69, 9.17) is 9.47 Å². The number of morpholine rings is 1. The summed E-state index contributed by atoms with van der Waals surface area (Å²) >= 11 is 0. The van der Waals surface area contributed by atoms with E-state index >= 15 is 0 Å². The second-order valence-corrected chi connectivity index (χ2v) is 5.80. The molecule has 2 aromatic rings. The van der Waals surface area contributed by atoms with Gasteiger partial charge in [0.2, 0.25) is 0 Å². The largest absolute Gasteiger partial charge is 0.484 e. The predicted octanol–water partition coefficient (Wildman–Crippen LogP) is 1.85. The molecule has 0 spiro atoms. The quantitative estimate of drug-likeness (QED) is 0.799. The van der Waals surface area contributed by atoms with Crippen molar-refractivity contribution in [1.29, 1.82) is 0 Å². The lowest BCUT2D eigenvalue weighted by atomic mass is 10.1. The van der Waals surface area contributed by atoms with Crippen LogP contribution in [-0.4, -0.2) is 53.2 Å². The number of halogens is 1. The van der Waals surface area contributed by atoms with Crippen LogP contribution in [0.25, 0.3) is 0 Å². The summed E-state index contributed by atoms with van der Waals surface area (Å²) in [5, 5.41) is 0. The van der Waals surface area contributed by atoms with E-state index < -0.39 is 5.82 Å². The standard InChI is InChI=1S/C18H20FN3O3/c19-14-2-1-3-17(10-14)25-13-18(23)22-8-9-24-12-16(22)5-4-15-11-20-6-7-21-15/h1-3,6-7,10-11,16H,4-5,8-9,12-13H2/t16-/m1/s1. The van der Waals surface area contributed by atoms with E-state index in [1.54, 1.807) is 35.6 Å². The van der Waals surface area contributed by atoms with Crippen molar-refractivity contribution in [3.05, 3.63) is 54.4 Å². The van der Waals surface area contributed by atoms with E-state index in [1.165, 1.54) is 12.1 Å². The van der Waals surface area contributed by atoms with Gasteiger partial charge < -0.3 is 14.4 Å². The lowest BCUT2D eigenvalue weighted by Gasteiger charge is -2.35. The van der Waals surface area contributed by atoms with Gasteiger partial charge in [-0.05, 0) is 25.0 Å². The number of rotatable bonds is 6. The fourth-order valence-corrected chi connectivity index (χ4v) is 2.78. The third-order valence-electron chi connectivity index (χ3n) is 4.06. The van der Waals surface area contributed by atoms with Crippen molar-refractivity contribution < 1.29 is 18.7 Å². The van der Waals surface area contributed by atoms with Crippen LogP contribution in [0.5, 0.6) is 5.75 Å². The fourth-order valence-electron chi connectivity index (χ4n) is 2.78. The van der Waals surface area contributed by atoms with E-state index in [-0.39, 0.29) is 18.6 Å². The van der Waals surface area contributed by atoms with E-state index in [0.29, 0.717) is 25.5 Å². The van der Waals surface area contributed by atoms with Crippen LogP contribution in [-0.2, 0) is 16.0 Å². The van der Waals surface area contributed by atoms with Crippen LogP contribution in [0, 0.1) is 5.82 Å². The summed E-state index contributed by atoms with van der Waals surface area (Å²) in [5.41, 5.74) is 0.886. The van der Waals surface area contributed by atoms with Crippen LogP contribution in [0.2, 0.25) is 0 Å². The molecule has 0 unspecified atom stereocenters. The summed E-state index contributed by atoms with van der Waals surface area (Å²) in [4.78, 5) is 22.6. The minimum absolute atomic E-state index is 0.0284. The average Bonchev–Trinajstić information content (AvgIpc) is 2.65. The van der Waals surface area contributed by atoms with Crippen molar-refractivity contribution in [3.8, 4) is 5.75 Å². The number of aryl methyl sites for hydroxylation is 1. The number of carbonyl (C=O) groups is 1. The van der Waals surface area contributed by atoms with Crippen molar-refractivity contribution in [3.63, 3.8) is 0 Å². The first-order valence-corrected chi connectivity index (χ1v) is 8.23. The fraction of sp³-hybridized carbons (Fsp3) is 0.389. The van der Waals surface area contributed by atoms with E-state index in [0.717, 1.165) is 18.5 Å². The summed E-state index contributed by atoms with van der Waals surface area (Å²) in [6.45, 7) is 1.40. The Hall–Kier alpha value is -2.54. The lowest BCUT2D eigenvalue weighted by Crippen LogP contribution is -2.50. The molecule has 25 heavy (non-hydrogen) atoms. The van der Waals surface area contributed by atoms with Gasteiger partial charge in [-0.2, -0.15) is 0 Å². The molecule has 1 amide bonds. The summed E-state index contributed by atoms with van der Waals surface area (Å²) in [5.74, 6) is -0.174. The van der Waals surface area contributed by atoms with Crippen molar-refractivity contribution in [2.24, 2.45) is 0 Å². The predicted molar refractivity (Wildman–Crippen MR) is 88.6 cm³/mol. The molecule has 0 radical (unpaired) electrons. The minimum Gasteiger partial charge on any atom is -0.484 e. The van der Waals surface area contributed by atoms with Gasteiger partial charge in [0, 0.05) is 31.2 Å². The number of hydrogen-bond donors (Lipinski definition) is 0. The molecule has 1 aromatic heterocycles. The second kappa shape index (κ2) is 8.53. The number of carbonyl (C=O) groups excluding carboxylic acids is 1. The third-order valence-corrected chi connectivity index (χ3v) is 4.06. The van der Waals surface area contributed by atoms with Crippen LogP contribution in [0.1, 0.15) is 12.1 Å². The molecule has 3 rings (SSSR count). The van der Waals surface area contributed by atoms with Crippen molar-refractivity contribution >= 4 is 5.91 Å². The van der Waals surface area contributed by atoms with Crippen LogP contribution in [0.15, 0.2) is 42.9 Å². The van der Waals surface area contributed by atoms with Gasteiger partial charge in [0.25, 0.3) is 5.91 Å². The van der Waals surface area contributed by atoms with E-state index in [2.05, 4.69) is 9.97 Å². The Labute approximate surface area is 145 Å². The summed E-state index contributed by atoms with van der Waals surface area (Å²) in [6, 6.07) is 5.74. The van der Waals surface area contributed by atoms with Gasteiger partial charge in [0.1, 0.15) is 11.6 Å². The maximum Gasteiger partial charge on any atom is 0.260 e. The maximum absolute atomic E-state index is 13.2. The second-order valence-electron chi connectivity index (χ2n) is 5.80. The Morgan fingerprint density at radius 2 is 2.32 bits per heavy atom. The van der Waals surface area contributed by atoms with Crippen LogP contribution in [0.3, 0.4) is 0 Å². The number of ether oxygens (including phenoxy) is 2. The minimum atomic E-state index is -0.391. The van der Waals surface area contributed by atoms with Crippen molar-refractivity contribution in [1.82, 2.24) is 14.9 Å². The number of amides is 1. The van der Waals surface area contributed by atoms with Gasteiger partial charge in [0.05, 0.1) is 24.9 Å². The number of benzene rings is 1. The monoisotopic (exact) mass is 345 g/mol. The van der Waals surface area contributed by atoms with Gasteiger partial charge in [-0.1, -0.05) is 6.07 Å². The van der Waals surface area contributed by atoms with Gasteiger partial charge in [-0.3, -0.25) is 14.8 Å². The first kappa shape index (κ1) is 17.3. The van der Waals surface area contributed by atoms with Gasteiger partial charge in [0.15, 0.2) is 6.61 Å². The Morgan fingerprint density at radius 3 is 3.12 bits per heavy atom. The Kier molecular flexibility index (Phi) is 5.90. The molecule has 0 saturated carbocycles. The molecule has 0 N–H and O–H groups in total. The molecular weight excluding hydrogens is 325 g/mol. The molecule has 0 bridgehead atoms. The van der Waals surface area contributed by atoms with Gasteiger partial charge in [-0.25, -0.2) is 4.39 Å². The number of aromatic nitrogens is 2. The van der Waals surface area contributed by atoms with Crippen molar-refractivity contribution in [2.45, 2.75) is 18.9 Å². The Bertz CT molecular complexity index is 699. The lowest BCUT2D eigenvalue weighted by molar-refractivity contribution is -0.142. The highest BCUT2D eigenvalue weighted by molar-refractivity contribution is 5.78. The number of nitrogens with zero attached hydrogens (tertiary/aromatic N) is 3. The maximum atomic E-state index is 13.2. The summed E-state index contributed by atoms with van der Waals surface area (Å²) in [6.07, 6.45) is 6.47. The SMILES string of the molecule is O=C(COc1cccc(F)c1)N1CCOC[C@H]1CCc1cnccn1. The Morgan fingerprint density at radius 1 is 1.40 bits per heavy atom. The van der Waals surface area contributed by atoms with Gasteiger partial charge >= 0.3 is 0 Å².